The fourth-order valence-electron chi connectivity index (χ4n) is 7.07. The van der Waals surface area contributed by atoms with Crippen molar-refractivity contribution in [3.8, 4) is 0 Å². The van der Waals surface area contributed by atoms with Gasteiger partial charge in [-0.3, -0.25) is 0 Å². The predicted molar refractivity (Wildman–Crippen MR) is 207 cm³/mol. The maximum absolute atomic E-state index is 14.4. The molecule has 0 aromatic heterocycles. The molecule has 300 valence electrons. The van der Waals surface area contributed by atoms with E-state index in [2.05, 4.69) is 18.8 Å². The van der Waals surface area contributed by atoms with E-state index in [-0.39, 0.29) is 42.8 Å². The minimum Gasteiger partial charge on any atom is -0.444 e. The highest BCUT2D eigenvalue weighted by atomic mass is 19.4. The van der Waals surface area contributed by atoms with Crippen molar-refractivity contribution in [2.24, 2.45) is 28.7 Å². The van der Waals surface area contributed by atoms with Gasteiger partial charge in [-0.1, -0.05) is 137 Å². The Balaban J connectivity index is 1.24. The van der Waals surface area contributed by atoms with Crippen LogP contribution in [0.3, 0.4) is 0 Å². The fraction of sp³-hybridized carbons (Fsp3) is 0.444. The maximum atomic E-state index is 14.4. The van der Waals surface area contributed by atoms with Crippen molar-refractivity contribution in [3.63, 3.8) is 0 Å². The van der Waals surface area contributed by atoms with E-state index < -0.39 is 48.9 Å². The first kappa shape index (κ1) is 41.5. The van der Waals surface area contributed by atoms with Gasteiger partial charge in [0.05, 0.1) is 50.9 Å². The van der Waals surface area contributed by atoms with Crippen LogP contribution in [0.25, 0.3) is 0 Å². The van der Waals surface area contributed by atoms with E-state index in [9.17, 15) is 13.2 Å². The molecule has 0 bridgehead atoms. The predicted octanol–water partition coefficient (Wildman–Crippen LogP) is 9.69. The molecular formula is C45H52F3NO7. The Labute approximate surface area is 327 Å². The van der Waals surface area contributed by atoms with Crippen molar-refractivity contribution < 1.29 is 46.3 Å². The van der Waals surface area contributed by atoms with Gasteiger partial charge < -0.3 is 33.2 Å². The Bertz CT molecular complexity index is 1760. The highest BCUT2D eigenvalue weighted by Crippen LogP contribution is 2.40. The first-order chi connectivity index (χ1) is 27.1. The first-order valence-electron chi connectivity index (χ1n) is 19.3. The summed E-state index contributed by atoms with van der Waals surface area (Å²) in [6.45, 7) is 9.37. The van der Waals surface area contributed by atoms with Crippen molar-refractivity contribution in [2.75, 3.05) is 13.2 Å². The van der Waals surface area contributed by atoms with Crippen molar-refractivity contribution in [2.45, 2.75) is 90.7 Å². The summed E-state index contributed by atoms with van der Waals surface area (Å²) in [5.41, 5.74) is 3.12. The van der Waals surface area contributed by atoms with Crippen LogP contribution in [-0.4, -0.2) is 62.3 Å². The number of hydrogen-bond donors (Lipinski definition) is 0. The van der Waals surface area contributed by atoms with Crippen LogP contribution in [0.15, 0.2) is 126 Å². The number of benzene rings is 4. The lowest BCUT2D eigenvalue weighted by atomic mass is 9.82. The smallest absolute Gasteiger partial charge is 0.444 e. The SMILES string of the molecule is CC1C(OC(=Nc2ccccc2)C(F)(F)F)OC(COCc2ccccc2)[C@@H](O[C@@H]2OC(COCc3ccccc3)[C@H](C)[C@H](C)C2OCc2ccccc2)[C@@H]1C. The standard InChI is InChI=1S/C45H52F3NO7/c1-30-31(2)41(52-27-36-21-13-7-14-22-36)43(53-38(30)28-50-25-34-17-9-5-10-18-34)55-40-32(3)33(4)42(54-39(40)29-51-26-35-19-11-6-12-20-35)56-44(45(46,47)48)49-37-23-15-8-16-24-37/h5-24,30-33,38-43H,25-29H2,1-4H3/t30-,31+,32-,33?,38?,39?,40+,41?,42?,43+/m1/s1. The van der Waals surface area contributed by atoms with Crippen LogP contribution in [0.1, 0.15) is 44.4 Å². The van der Waals surface area contributed by atoms with Crippen LogP contribution in [0.2, 0.25) is 0 Å². The molecule has 4 aromatic carbocycles. The molecule has 6 rings (SSSR count). The molecule has 10 atom stereocenters. The molecule has 0 radical (unpaired) electrons. The summed E-state index contributed by atoms with van der Waals surface area (Å²) in [6, 6.07) is 37.4. The molecule has 0 spiro atoms. The average molecular weight is 776 g/mol. The van der Waals surface area contributed by atoms with Gasteiger partial charge in [-0.2, -0.15) is 13.2 Å². The van der Waals surface area contributed by atoms with Crippen molar-refractivity contribution in [3.05, 3.63) is 138 Å². The highest BCUT2D eigenvalue weighted by molar-refractivity contribution is 5.84. The van der Waals surface area contributed by atoms with Crippen LogP contribution in [0.4, 0.5) is 18.9 Å². The monoisotopic (exact) mass is 775 g/mol. The van der Waals surface area contributed by atoms with Gasteiger partial charge >= 0.3 is 6.18 Å². The molecule has 2 saturated heterocycles. The highest BCUT2D eigenvalue weighted by Gasteiger charge is 2.51. The van der Waals surface area contributed by atoms with Gasteiger partial charge in [0.25, 0.3) is 5.90 Å². The summed E-state index contributed by atoms with van der Waals surface area (Å²) in [4.78, 5) is 3.82. The maximum Gasteiger partial charge on any atom is 0.468 e. The normalized spacial score (nSPS) is 28.5. The number of ether oxygens (including phenoxy) is 7. The molecule has 2 fully saturated rings. The number of nitrogens with zero attached hydrogens (tertiary/aromatic N) is 1. The molecule has 0 N–H and O–H groups in total. The van der Waals surface area contributed by atoms with Gasteiger partial charge in [0.2, 0.25) is 6.29 Å². The minimum absolute atomic E-state index is 0.00701. The Morgan fingerprint density at radius 2 is 1.02 bits per heavy atom. The summed E-state index contributed by atoms with van der Waals surface area (Å²) in [5, 5.41) is 0. The van der Waals surface area contributed by atoms with Gasteiger partial charge in [0.15, 0.2) is 6.29 Å². The zero-order chi connectivity index (χ0) is 39.5. The lowest BCUT2D eigenvalue weighted by Crippen LogP contribution is -2.59. The number of hydrogen-bond acceptors (Lipinski definition) is 8. The van der Waals surface area contributed by atoms with E-state index in [0.29, 0.717) is 19.8 Å². The van der Waals surface area contributed by atoms with E-state index in [1.807, 2.05) is 97.9 Å². The van der Waals surface area contributed by atoms with E-state index in [1.165, 1.54) is 12.1 Å². The van der Waals surface area contributed by atoms with Crippen LogP contribution in [0.5, 0.6) is 0 Å². The molecule has 8 nitrogen and oxygen atoms in total. The van der Waals surface area contributed by atoms with E-state index in [1.54, 1.807) is 25.1 Å². The number of aliphatic imine (C=N–C) groups is 1. The molecule has 2 heterocycles. The second kappa shape index (κ2) is 19.9. The third kappa shape index (κ3) is 11.3. The van der Waals surface area contributed by atoms with Gasteiger partial charge in [-0.15, -0.1) is 0 Å². The molecule has 2 aliphatic heterocycles. The molecule has 0 saturated carbocycles. The van der Waals surface area contributed by atoms with Gasteiger partial charge in [-0.25, -0.2) is 4.99 Å². The van der Waals surface area contributed by atoms with E-state index in [4.69, 9.17) is 33.2 Å². The van der Waals surface area contributed by atoms with Crippen molar-refractivity contribution in [1.29, 1.82) is 0 Å². The van der Waals surface area contributed by atoms with Gasteiger partial charge in [0.1, 0.15) is 12.2 Å². The first-order valence-corrected chi connectivity index (χ1v) is 19.3. The summed E-state index contributed by atoms with van der Waals surface area (Å²) in [6.07, 6.45) is -9.30. The lowest BCUT2D eigenvalue weighted by Gasteiger charge is -2.49. The minimum atomic E-state index is -4.86. The van der Waals surface area contributed by atoms with Crippen LogP contribution >= 0.6 is 0 Å². The second-order valence-electron chi connectivity index (χ2n) is 14.8. The Morgan fingerprint density at radius 1 is 0.554 bits per heavy atom. The number of halogens is 3. The molecule has 5 unspecified atom stereocenters. The molecular weight excluding hydrogens is 723 g/mol. The molecule has 2 aliphatic rings. The molecule has 56 heavy (non-hydrogen) atoms. The largest absolute Gasteiger partial charge is 0.468 e. The molecule has 11 heteroatoms. The van der Waals surface area contributed by atoms with E-state index >= 15 is 0 Å². The summed E-state index contributed by atoms with van der Waals surface area (Å²) < 4.78 is 87.8. The summed E-state index contributed by atoms with van der Waals surface area (Å²) in [5.74, 6) is -2.26. The molecule has 4 aromatic rings. The number of para-hydroxylation sites is 1. The van der Waals surface area contributed by atoms with Crippen molar-refractivity contribution >= 4 is 11.6 Å². The van der Waals surface area contributed by atoms with Crippen molar-refractivity contribution in [1.82, 2.24) is 0 Å². The van der Waals surface area contributed by atoms with Crippen LogP contribution in [0, 0.1) is 23.7 Å². The van der Waals surface area contributed by atoms with Gasteiger partial charge in [0, 0.05) is 5.92 Å². The second-order valence-corrected chi connectivity index (χ2v) is 14.8. The van der Waals surface area contributed by atoms with Crippen LogP contribution < -0.4 is 0 Å². The lowest BCUT2D eigenvalue weighted by molar-refractivity contribution is -0.338. The number of alkyl halides is 3. The quantitative estimate of drug-likeness (QED) is 0.0880. The van der Waals surface area contributed by atoms with E-state index in [0.717, 1.165) is 16.7 Å². The summed E-state index contributed by atoms with van der Waals surface area (Å²) in [7, 11) is 0. The third-order valence-electron chi connectivity index (χ3n) is 10.8. The Kier molecular flexibility index (Phi) is 14.7. The molecule has 0 amide bonds. The zero-order valence-corrected chi connectivity index (χ0v) is 32.3. The van der Waals surface area contributed by atoms with Crippen LogP contribution in [-0.2, 0) is 53.0 Å². The topological polar surface area (TPSA) is 77.0 Å². The average Bonchev–Trinajstić information content (AvgIpc) is 3.20. The zero-order valence-electron chi connectivity index (χ0n) is 32.3. The Hall–Kier alpha value is -4.10. The summed E-state index contributed by atoms with van der Waals surface area (Å²) >= 11 is 0. The third-order valence-corrected chi connectivity index (χ3v) is 10.8. The molecule has 0 aliphatic carbocycles. The van der Waals surface area contributed by atoms with Gasteiger partial charge in [-0.05, 0) is 46.6 Å². The fourth-order valence-corrected chi connectivity index (χ4v) is 7.07. The Morgan fingerprint density at radius 3 is 1.55 bits per heavy atom. The number of rotatable bonds is 15.